The van der Waals surface area contributed by atoms with E-state index in [4.69, 9.17) is 0 Å². The molecule has 0 aliphatic carbocycles. The van der Waals surface area contributed by atoms with Crippen molar-refractivity contribution in [1.82, 2.24) is 4.98 Å². The number of nitrogens with zero attached hydrogens (tertiary/aromatic N) is 2. The number of nitrogens with one attached hydrogen (secondary N) is 1. The smallest absolute Gasteiger partial charge is 0.136 e. The van der Waals surface area contributed by atoms with E-state index in [1.165, 1.54) is 29.3 Å². The average Bonchev–Trinajstić information content (AvgIpc) is 2.91. The largest absolute Gasteiger partial charge is 0.382 e. The molecule has 100 valence electrons. The van der Waals surface area contributed by atoms with Crippen molar-refractivity contribution in [1.29, 1.82) is 0 Å². The molecule has 3 nitrogen and oxygen atoms in total. The lowest BCUT2D eigenvalue weighted by molar-refractivity contribution is 0.901. The number of anilines is 2. The Balaban J connectivity index is 2.09. The lowest BCUT2D eigenvalue weighted by atomic mass is 10.1. The number of fused-ring (bicyclic) bond motifs is 1. The van der Waals surface area contributed by atoms with Crippen LogP contribution >= 0.6 is 0 Å². The average molecular weight is 255 g/mol. The molecule has 0 spiro atoms. The molecule has 1 aliphatic heterocycles. The summed E-state index contributed by atoms with van der Waals surface area (Å²) in [5.74, 6) is 1.14. The fourth-order valence-corrected chi connectivity index (χ4v) is 2.81. The second-order valence-corrected chi connectivity index (χ2v) is 5.53. The Morgan fingerprint density at radius 2 is 1.89 bits per heavy atom. The second-order valence-electron chi connectivity index (χ2n) is 5.53. The van der Waals surface area contributed by atoms with Crippen LogP contribution in [-0.4, -0.2) is 24.1 Å². The van der Waals surface area contributed by atoms with Gasteiger partial charge in [0.05, 0.1) is 0 Å². The summed E-state index contributed by atoms with van der Waals surface area (Å²) < 4.78 is 0. The molecule has 1 saturated heterocycles. The van der Waals surface area contributed by atoms with E-state index in [0.717, 1.165) is 18.9 Å². The van der Waals surface area contributed by atoms with Gasteiger partial charge in [-0.25, -0.2) is 4.98 Å². The molecule has 0 radical (unpaired) electrons. The van der Waals surface area contributed by atoms with Crippen LogP contribution in [0.4, 0.5) is 11.5 Å². The van der Waals surface area contributed by atoms with Crippen LogP contribution in [-0.2, 0) is 0 Å². The monoisotopic (exact) mass is 255 g/mol. The molecule has 1 aromatic heterocycles. The fraction of sp³-hybridized carbons (Fsp3) is 0.438. The molecule has 0 saturated carbocycles. The number of benzene rings is 1. The summed E-state index contributed by atoms with van der Waals surface area (Å²) in [6.07, 6.45) is 4.49. The van der Waals surface area contributed by atoms with Gasteiger partial charge in [0.25, 0.3) is 0 Å². The third-order valence-corrected chi connectivity index (χ3v) is 3.63. The van der Waals surface area contributed by atoms with E-state index < -0.39 is 0 Å². The Kier molecular flexibility index (Phi) is 3.28. The van der Waals surface area contributed by atoms with E-state index in [9.17, 15) is 0 Å². The molecule has 1 aromatic carbocycles. The van der Waals surface area contributed by atoms with Crippen LogP contribution in [0.1, 0.15) is 26.7 Å². The zero-order valence-corrected chi connectivity index (χ0v) is 11.7. The van der Waals surface area contributed by atoms with E-state index in [0.29, 0.717) is 6.04 Å². The Morgan fingerprint density at radius 3 is 2.63 bits per heavy atom. The number of rotatable bonds is 3. The third kappa shape index (κ3) is 2.37. The predicted octanol–water partition coefficient (Wildman–Crippen LogP) is 3.66. The predicted molar refractivity (Wildman–Crippen MR) is 81.9 cm³/mol. The number of hydrogen-bond acceptors (Lipinski definition) is 3. The molecule has 3 heteroatoms. The van der Waals surface area contributed by atoms with Crippen LogP contribution in [0.3, 0.4) is 0 Å². The first-order valence-corrected chi connectivity index (χ1v) is 7.15. The molecule has 1 aliphatic rings. The van der Waals surface area contributed by atoms with Gasteiger partial charge in [0.15, 0.2) is 0 Å². The fourth-order valence-electron chi connectivity index (χ4n) is 2.81. The molecule has 1 N–H and O–H groups in total. The second kappa shape index (κ2) is 5.08. The first-order valence-electron chi connectivity index (χ1n) is 7.15. The maximum Gasteiger partial charge on any atom is 0.136 e. The number of pyridine rings is 1. The molecule has 2 heterocycles. The molecule has 0 unspecified atom stereocenters. The van der Waals surface area contributed by atoms with Crippen molar-refractivity contribution in [3.05, 3.63) is 30.5 Å². The number of aromatic nitrogens is 1. The van der Waals surface area contributed by atoms with Crippen LogP contribution < -0.4 is 10.2 Å². The van der Waals surface area contributed by atoms with Gasteiger partial charge in [0.2, 0.25) is 0 Å². The van der Waals surface area contributed by atoms with Crippen LogP contribution in [0.5, 0.6) is 0 Å². The zero-order chi connectivity index (χ0) is 13.2. The Bertz CT molecular complexity index is 571. The Hall–Kier alpha value is -1.77. The SMILES string of the molecule is CC(C)Nc1cccc2c(N3CCCC3)nccc12. The normalized spacial score (nSPS) is 15.4. The molecular formula is C16H21N3. The molecule has 0 atom stereocenters. The first-order chi connectivity index (χ1) is 9.25. The van der Waals surface area contributed by atoms with E-state index in [1.807, 2.05) is 6.20 Å². The van der Waals surface area contributed by atoms with Crippen LogP contribution in [0, 0.1) is 0 Å². The van der Waals surface area contributed by atoms with Crippen molar-refractivity contribution in [3.8, 4) is 0 Å². The summed E-state index contributed by atoms with van der Waals surface area (Å²) in [6.45, 7) is 6.60. The Labute approximate surface area is 114 Å². The van der Waals surface area contributed by atoms with Gasteiger partial charge in [-0.05, 0) is 38.8 Å². The Morgan fingerprint density at radius 1 is 1.11 bits per heavy atom. The molecule has 19 heavy (non-hydrogen) atoms. The summed E-state index contributed by atoms with van der Waals surface area (Å²) >= 11 is 0. The van der Waals surface area contributed by atoms with Gasteiger partial charge in [0.1, 0.15) is 5.82 Å². The van der Waals surface area contributed by atoms with Crippen LogP contribution in [0.2, 0.25) is 0 Å². The maximum atomic E-state index is 4.61. The lowest BCUT2D eigenvalue weighted by Crippen LogP contribution is -2.19. The van der Waals surface area contributed by atoms with Gasteiger partial charge < -0.3 is 10.2 Å². The van der Waals surface area contributed by atoms with Crippen molar-refractivity contribution >= 4 is 22.3 Å². The molecule has 0 amide bonds. The van der Waals surface area contributed by atoms with Crippen molar-refractivity contribution < 1.29 is 0 Å². The minimum absolute atomic E-state index is 0.439. The topological polar surface area (TPSA) is 28.2 Å². The highest BCUT2D eigenvalue weighted by Gasteiger charge is 2.16. The minimum atomic E-state index is 0.439. The van der Waals surface area contributed by atoms with Crippen molar-refractivity contribution in [2.45, 2.75) is 32.7 Å². The van der Waals surface area contributed by atoms with Gasteiger partial charge in [0, 0.05) is 41.8 Å². The molecule has 1 fully saturated rings. The van der Waals surface area contributed by atoms with Crippen molar-refractivity contribution in [3.63, 3.8) is 0 Å². The van der Waals surface area contributed by atoms with Gasteiger partial charge in [-0.3, -0.25) is 0 Å². The summed E-state index contributed by atoms with van der Waals surface area (Å²) in [5, 5.41) is 6.05. The van der Waals surface area contributed by atoms with Gasteiger partial charge in [-0.1, -0.05) is 12.1 Å². The van der Waals surface area contributed by atoms with E-state index in [1.54, 1.807) is 0 Å². The van der Waals surface area contributed by atoms with Crippen molar-refractivity contribution in [2.75, 3.05) is 23.3 Å². The summed E-state index contributed by atoms with van der Waals surface area (Å²) in [4.78, 5) is 7.01. The van der Waals surface area contributed by atoms with Crippen molar-refractivity contribution in [2.24, 2.45) is 0 Å². The minimum Gasteiger partial charge on any atom is -0.382 e. The van der Waals surface area contributed by atoms with Crippen LogP contribution in [0.15, 0.2) is 30.5 Å². The number of hydrogen-bond donors (Lipinski definition) is 1. The van der Waals surface area contributed by atoms with Gasteiger partial charge >= 0.3 is 0 Å². The van der Waals surface area contributed by atoms with E-state index >= 15 is 0 Å². The quantitative estimate of drug-likeness (QED) is 0.907. The third-order valence-electron chi connectivity index (χ3n) is 3.63. The maximum absolute atomic E-state index is 4.61. The summed E-state index contributed by atoms with van der Waals surface area (Å²) in [7, 11) is 0. The summed E-state index contributed by atoms with van der Waals surface area (Å²) in [6, 6.07) is 9.00. The molecule has 2 aromatic rings. The zero-order valence-electron chi connectivity index (χ0n) is 11.7. The van der Waals surface area contributed by atoms with Gasteiger partial charge in [-0.15, -0.1) is 0 Å². The lowest BCUT2D eigenvalue weighted by Gasteiger charge is -2.20. The van der Waals surface area contributed by atoms with E-state index in [2.05, 4.69) is 53.3 Å². The highest BCUT2D eigenvalue weighted by atomic mass is 15.2. The highest BCUT2D eigenvalue weighted by Crippen LogP contribution is 2.31. The summed E-state index contributed by atoms with van der Waals surface area (Å²) in [5.41, 5.74) is 1.20. The standard InChI is InChI=1S/C16H21N3/c1-12(2)18-15-7-5-6-14-13(15)8-9-17-16(14)19-10-3-4-11-19/h5-9,12,18H,3-4,10-11H2,1-2H3. The molecular weight excluding hydrogens is 234 g/mol. The molecule has 0 bridgehead atoms. The van der Waals surface area contributed by atoms with Crippen LogP contribution in [0.25, 0.3) is 10.8 Å². The molecule has 3 rings (SSSR count). The first kappa shape index (κ1) is 12.3. The highest BCUT2D eigenvalue weighted by molar-refractivity contribution is 6.00. The van der Waals surface area contributed by atoms with E-state index in [-0.39, 0.29) is 0 Å². The van der Waals surface area contributed by atoms with Gasteiger partial charge in [-0.2, -0.15) is 0 Å².